The number of rotatable bonds is 7. The second kappa shape index (κ2) is 10.7. The van der Waals surface area contributed by atoms with E-state index in [1.807, 2.05) is 0 Å². The van der Waals surface area contributed by atoms with Crippen LogP contribution in [0.5, 0.6) is 0 Å². The molecular weight excluding hydrogens is 484 g/mol. The molecule has 0 bridgehead atoms. The lowest BCUT2D eigenvalue weighted by Crippen LogP contribution is -2.54. The minimum atomic E-state index is -0.309. The highest BCUT2D eigenvalue weighted by molar-refractivity contribution is 5.96. The summed E-state index contributed by atoms with van der Waals surface area (Å²) in [5.41, 5.74) is 1.05. The SMILES string of the molecule is CC(C)CCCC(C)C1CCC2C3CCC4CC(OC5CCC6C(=O)OC(=O)C6C5)CCC4(C)C3CCC12C. The lowest BCUT2D eigenvalue weighted by Gasteiger charge is -2.61. The maximum atomic E-state index is 12.2. The van der Waals surface area contributed by atoms with Gasteiger partial charge in [-0.25, -0.2) is 0 Å². The van der Waals surface area contributed by atoms with E-state index in [9.17, 15) is 9.59 Å². The van der Waals surface area contributed by atoms with E-state index in [1.54, 1.807) is 0 Å². The molecule has 1 aliphatic heterocycles. The zero-order chi connectivity index (χ0) is 27.5. The summed E-state index contributed by atoms with van der Waals surface area (Å²) in [4.78, 5) is 24.1. The highest BCUT2D eigenvalue weighted by Crippen LogP contribution is 2.68. The van der Waals surface area contributed by atoms with Gasteiger partial charge < -0.3 is 9.47 Å². The molecule has 39 heavy (non-hydrogen) atoms. The molecule has 1 heterocycles. The van der Waals surface area contributed by atoms with E-state index >= 15 is 0 Å². The van der Waals surface area contributed by atoms with Gasteiger partial charge in [0.2, 0.25) is 0 Å². The van der Waals surface area contributed by atoms with Gasteiger partial charge in [-0.15, -0.1) is 0 Å². The Morgan fingerprint density at radius 1 is 0.769 bits per heavy atom. The Labute approximate surface area is 238 Å². The molecule has 6 aliphatic rings. The first-order valence-electron chi connectivity index (χ1n) is 17.0. The third kappa shape index (κ3) is 4.95. The Bertz CT molecular complexity index is 928. The van der Waals surface area contributed by atoms with Gasteiger partial charge in [-0.1, -0.05) is 53.9 Å². The molecule has 6 rings (SSSR count). The minimum Gasteiger partial charge on any atom is -0.393 e. The van der Waals surface area contributed by atoms with Gasteiger partial charge in [0.1, 0.15) is 0 Å². The van der Waals surface area contributed by atoms with Crippen molar-refractivity contribution in [1.82, 2.24) is 0 Å². The van der Waals surface area contributed by atoms with E-state index < -0.39 is 0 Å². The van der Waals surface area contributed by atoms with Gasteiger partial charge in [0, 0.05) is 0 Å². The highest BCUT2D eigenvalue weighted by atomic mass is 16.6. The Morgan fingerprint density at radius 2 is 1.49 bits per heavy atom. The minimum absolute atomic E-state index is 0.115. The largest absolute Gasteiger partial charge is 0.393 e. The molecule has 0 aromatic carbocycles. The Hall–Kier alpha value is -0.900. The quantitative estimate of drug-likeness (QED) is 0.240. The van der Waals surface area contributed by atoms with E-state index in [0.717, 1.165) is 54.3 Å². The molecule has 0 spiro atoms. The van der Waals surface area contributed by atoms with Crippen LogP contribution in [-0.4, -0.2) is 24.1 Å². The molecule has 0 amide bonds. The van der Waals surface area contributed by atoms with Crippen LogP contribution in [0, 0.1) is 64.1 Å². The highest BCUT2D eigenvalue weighted by Gasteiger charge is 2.60. The summed E-state index contributed by atoms with van der Waals surface area (Å²) < 4.78 is 11.6. The second-order valence-corrected chi connectivity index (χ2v) is 16.1. The van der Waals surface area contributed by atoms with Crippen molar-refractivity contribution in [2.75, 3.05) is 0 Å². The monoisotopic (exact) mass is 540 g/mol. The zero-order valence-electron chi connectivity index (χ0n) is 25.6. The fraction of sp³-hybridized carbons (Fsp3) is 0.943. The molecule has 0 N–H and O–H groups in total. The molecule has 4 heteroatoms. The third-order valence-electron chi connectivity index (χ3n) is 13.8. The van der Waals surface area contributed by atoms with Crippen LogP contribution in [0.15, 0.2) is 0 Å². The molecule has 220 valence electrons. The van der Waals surface area contributed by atoms with Gasteiger partial charge in [0.05, 0.1) is 24.0 Å². The number of hydrogen-bond donors (Lipinski definition) is 0. The smallest absolute Gasteiger partial charge is 0.317 e. The predicted molar refractivity (Wildman–Crippen MR) is 154 cm³/mol. The molecule has 0 aromatic rings. The molecule has 6 fully saturated rings. The molecule has 5 saturated carbocycles. The molecule has 0 radical (unpaired) electrons. The first kappa shape index (κ1) is 28.2. The van der Waals surface area contributed by atoms with E-state index in [4.69, 9.17) is 9.47 Å². The summed E-state index contributed by atoms with van der Waals surface area (Å²) in [7, 11) is 0. The summed E-state index contributed by atoms with van der Waals surface area (Å²) in [6.07, 6.45) is 19.4. The molecule has 1 saturated heterocycles. The van der Waals surface area contributed by atoms with Crippen LogP contribution in [0.25, 0.3) is 0 Å². The van der Waals surface area contributed by atoms with Crippen molar-refractivity contribution in [3.05, 3.63) is 0 Å². The van der Waals surface area contributed by atoms with Crippen LogP contribution in [-0.2, 0) is 19.1 Å². The number of fused-ring (bicyclic) bond motifs is 6. The number of ether oxygens (including phenoxy) is 2. The van der Waals surface area contributed by atoms with Crippen molar-refractivity contribution >= 4 is 11.9 Å². The third-order valence-corrected chi connectivity index (χ3v) is 13.8. The average Bonchev–Trinajstić information content (AvgIpc) is 3.39. The molecule has 0 aromatic heterocycles. The van der Waals surface area contributed by atoms with E-state index in [2.05, 4.69) is 34.6 Å². The van der Waals surface area contributed by atoms with Gasteiger partial charge in [-0.2, -0.15) is 0 Å². The number of carbonyl (C=O) groups is 2. The van der Waals surface area contributed by atoms with Crippen molar-refractivity contribution in [1.29, 1.82) is 0 Å². The van der Waals surface area contributed by atoms with Gasteiger partial charge in [-0.05, 0) is 129 Å². The first-order chi connectivity index (χ1) is 18.6. The van der Waals surface area contributed by atoms with Crippen molar-refractivity contribution < 1.29 is 19.1 Å². The molecule has 12 unspecified atom stereocenters. The van der Waals surface area contributed by atoms with Crippen LogP contribution >= 0.6 is 0 Å². The van der Waals surface area contributed by atoms with Gasteiger partial charge in [0.25, 0.3) is 0 Å². The second-order valence-electron chi connectivity index (χ2n) is 16.1. The maximum Gasteiger partial charge on any atom is 0.317 e. The lowest BCUT2D eigenvalue weighted by molar-refractivity contribution is -0.154. The summed E-state index contributed by atoms with van der Waals surface area (Å²) in [6, 6.07) is 0. The zero-order valence-corrected chi connectivity index (χ0v) is 25.6. The van der Waals surface area contributed by atoms with Crippen LogP contribution < -0.4 is 0 Å². The summed E-state index contributed by atoms with van der Waals surface area (Å²) >= 11 is 0. The van der Waals surface area contributed by atoms with Crippen LogP contribution in [0.3, 0.4) is 0 Å². The van der Waals surface area contributed by atoms with Crippen molar-refractivity contribution in [2.24, 2.45) is 64.1 Å². The Kier molecular flexibility index (Phi) is 7.77. The van der Waals surface area contributed by atoms with Crippen LogP contribution in [0.2, 0.25) is 0 Å². The summed E-state index contributed by atoms with van der Waals surface area (Å²) in [6.45, 7) is 12.7. The number of esters is 2. The van der Waals surface area contributed by atoms with Gasteiger partial charge in [0.15, 0.2) is 0 Å². The fourth-order valence-electron chi connectivity index (χ4n) is 11.7. The van der Waals surface area contributed by atoms with E-state index in [0.29, 0.717) is 23.4 Å². The molecule has 12 atom stereocenters. The Balaban J connectivity index is 1.06. The van der Waals surface area contributed by atoms with E-state index in [1.165, 1.54) is 77.0 Å². The van der Waals surface area contributed by atoms with Crippen LogP contribution in [0.1, 0.15) is 131 Å². The van der Waals surface area contributed by atoms with Gasteiger partial charge >= 0.3 is 11.9 Å². The lowest BCUT2D eigenvalue weighted by atomic mass is 9.44. The number of hydrogen-bond acceptors (Lipinski definition) is 4. The number of cyclic esters (lactones) is 2. The first-order valence-corrected chi connectivity index (χ1v) is 17.0. The molecule has 5 aliphatic carbocycles. The van der Waals surface area contributed by atoms with Crippen molar-refractivity contribution in [2.45, 2.75) is 143 Å². The topological polar surface area (TPSA) is 52.6 Å². The van der Waals surface area contributed by atoms with Crippen LogP contribution in [0.4, 0.5) is 0 Å². The Morgan fingerprint density at radius 3 is 2.28 bits per heavy atom. The summed E-state index contributed by atoms with van der Waals surface area (Å²) in [5, 5.41) is 0. The normalized spacial score (nSPS) is 48.2. The fourth-order valence-corrected chi connectivity index (χ4v) is 11.7. The number of carbonyl (C=O) groups excluding carboxylic acids is 2. The summed E-state index contributed by atoms with van der Waals surface area (Å²) in [5.74, 6) is 5.15. The van der Waals surface area contributed by atoms with E-state index in [-0.39, 0.29) is 29.9 Å². The molecular formula is C35H56O4. The maximum absolute atomic E-state index is 12.2. The van der Waals surface area contributed by atoms with Gasteiger partial charge in [-0.3, -0.25) is 9.59 Å². The standard InChI is InChI=1S/C35H56O4/c1-21(2)7-6-8-22(3)29-13-14-30-27-11-9-23-19-25(15-17-34(23,4)31(27)16-18-35(29,30)5)38-24-10-12-26-28(20-24)33(37)39-32(26)36/h21-31H,6-20H2,1-5H3. The van der Waals surface area contributed by atoms with Crippen molar-refractivity contribution in [3.63, 3.8) is 0 Å². The molecule has 4 nitrogen and oxygen atoms in total. The average molecular weight is 541 g/mol. The van der Waals surface area contributed by atoms with Crippen molar-refractivity contribution in [3.8, 4) is 0 Å². The predicted octanol–water partition coefficient (Wildman–Crippen LogP) is 8.36.